The van der Waals surface area contributed by atoms with E-state index in [1.165, 1.54) is 0 Å². The molecule has 1 atom stereocenters. The number of benzene rings is 1. The Kier molecular flexibility index (Phi) is 3.47. The number of hydrogen-bond donors (Lipinski definition) is 2. The molecule has 1 unspecified atom stereocenters. The van der Waals surface area contributed by atoms with Gasteiger partial charge in [0.05, 0.1) is 0 Å². The van der Waals surface area contributed by atoms with Crippen LogP contribution in [-0.2, 0) is 6.42 Å². The Hall–Kier alpha value is -1.09. The molecule has 0 bridgehead atoms. The van der Waals surface area contributed by atoms with Gasteiger partial charge in [-0.3, -0.25) is 0 Å². The summed E-state index contributed by atoms with van der Waals surface area (Å²) in [6, 6.07) is 6.63. The topological polar surface area (TPSA) is 46.2 Å². The summed E-state index contributed by atoms with van der Waals surface area (Å²) in [7, 11) is 0. The van der Waals surface area contributed by atoms with Crippen LogP contribution in [0.3, 0.4) is 0 Å². The number of halogens is 1. The van der Waals surface area contributed by atoms with E-state index in [0.29, 0.717) is 6.42 Å². The third-order valence-corrected chi connectivity index (χ3v) is 2.43. The van der Waals surface area contributed by atoms with E-state index in [1.54, 1.807) is 31.2 Å². The van der Waals surface area contributed by atoms with Crippen LogP contribution in [0.4, 0.5) is 4.39 Å². The van der Waals surface area contributed by atoms with Gasteiger partial charge in [-0.25, -0.2) is 4.39 Å². The van der Waals surface area contributed by atoms with E-state index in [1.807, 2.05) is 0 Å². The van der Waals surface area contributed by atoms with E-state index < -0.39 is 5.67 Å². The number of alkyl halides is 1. The van der Waals surface area contributed by atoms with Crippen LogP contribution in [0.2, 0.25) is 0 Å². The van der Waals surface area contributed by atoms with Crippen molar-refractivity contribution >= 4 is 0 Å². The standard InChI is InChI=1S/C11H16FNO/c1-2-11(12,8-13)7-9-4-3-5-10(14)6-9/h3-6,14H,2,7-8,13H2,1H3. The third kappa shape index (κ3) is 2.70. The molecule has 0 spiro atoms. The zero-order valence-electron chi connectivity index (χ0n) is 8.33. The summed E-state index contributed by atoms with van der Waals surface area (Å²) in [5.74, 6) is 0.165. The van der Waals surface area contributed by atoms with Crippen LogP contribution in [0.25, 0.3) is 0 Å². The average molecular weight is 197 g/mol. The van der Waals surface area contributed by atoms with Crippen LogP contribution in [0.15, 0.2) is 24.3 Å². The van der Waals surface area contributed by atoms with E-state index in [4.69, 9.17) is 5.73 Å². The molecule has 3 N–H and O–H groups in total. The lowest BCUT2D eigenvalue weighted by Crippen LogP contribution is -2.34. The van der Waals surface area contributed by atoms with E-state index in [2.05, 4.69) is 0 Å². The maximum absolute atomic E-state index is 13.9. The zero-order valence-corrected chi connectivity index (χ0v) is 8.33. The fourth-order valence-corrected chi connectivity index (χ4v) is 1.37. The van der Waals surface area contributed by atoms with Gasteiger partial charge >= 0.3 is 0 Å². The summed E-state index contributed by atoms with van der Waals surface area (Å²) in [5, 5.41) is 9.20. The van der Waals surface area contributed by atoms with Crippen molar-refractivity contribution in [1.82, 2.24) is 0 Å². The molecule has 0 saturated heterocycles. The first-order valence-corrected chi connectivity index (χ1v) is 4.76. The maximum Gasteiger partial charge on any atom is 0.126 e. The molecule has 0 radical (unpaired) electrons. The number of phenols is 1. The van der Waals surface area contributed by atoms with Crippen molar-refractivity contribution in [3.05, 3.63) is 29.8 Å². The summed E-state index contributed by atoms with van der Waals surface area (Å²) < 4.78 is 13.9. The molecular weight excluding hydrogens is 181 g/mol. The Bertz CT molecular complexity index is 297. The molecule has 3 heteroatoms. The predicted octanol–water partition coefficient (Wildman–Crippen LogP) is 2.01. The van der Waals surface area contributed by atoms with Gasteiger partial charge in [-0.2, -0.15) is 0 Å². The highest BCUT2D eigenvalue weighted by Crippen LogP contribution is 2.22. The van der Waals surface area contributed by atoms with Gasteiger partial charge in [0.25, 0.3) is 0 Å². The molecule has 14 heavy (non-hydrogen) atoms. The molecule has 0 saturated carbocycles. The Labute approximate surface area is 83.6 Å². The molecule has 0 aliphatic heterocycles. The van der Waals surface area contributed by atoms with Gasteiger partial charge in [-0.1, -0.05) is 19.1 Å². The molecule has 2 nitrogen and oxygen atoms in total. The van der Waals surface area contributed by atoms with E-state index in [9.17, 15) is 9.50 Å². The molecule has 0 aromatic heterocycles. The lowest BCUT2D eigenvalue weighted by molar-refractivity contribution is 0.167. The molecule has 1 aromatic carbocycles. The van der Waals surface area contributed by atoms with Gasteiger partial charge < -0.3 is 10.8 Å². The number of rotatable bonds is 4. The monoisotopic (exact) mass is 197 g/mol. The van der Waals surface area contributed by atoms with Crippen molar-refractivity contribution in [3.63, 3.8) is 0 Å². The number of aromatic hydroxyl groups is 1. The lowest BCUT2D eigenvalue weighted by Gasteiger charge is -2.21. The average Bonchev–Trinajstić information content (AvgIpc) is 2.18. The summed E-state index contributed by atoms with van der Waals surface area (Å²) in [6.07, 6.45) is 0.646. The molecule has 0 aliphatic carbocycles. The first-order valence-electron chi connectivity index (χ1n) is 4.76. The SMILES string of the molecule is CCC(F)(CN)Cc1cccc(O)c1. The van der Waals surface area contributed by atoms with Gasteiger partial charge in [-0.05, 0) is 24.1 Å². The van der Waals surface area contributed by atoms with Crippen LogP contribution in [0, 0.1) is 0 Å². The lowest BCUT2D eigenvalue weighted by atomic mass is 9.94. The first-order chi connectivity index (χ1) is 6.59. The second kappa shape index (κ2) is 4.42. The predicted molar refractivity (Wildman–Crippen MR) is 55.0 cm³/mol. The zero-order chi connectivity index (χ0) is 10.6. The van der Waals surface area contributed by atoms with Crippen LogP contribution in [0.1, 0.15) is 18.9 Å². The molecule has 1 aromatic rings. The van der Waals surface area contributed by atoms with Crippen LogP contribution < -0.4 is 5.73 Å². The molecule has 0 aliphatic rings. The van der Waals surface area contributed by atoms with E-state index in [-0.39, 0.29) is 18.7 Å². The van der Waals surface area contributed by atoms with Gasteiger partial charge in [0.1, 0.15) is 11.4 Å². The van der Waals surface area contributed by atoms with Crippen molar-refractivity contribution in [2.45, 2.75) is 25.4 Å². The Morgan fingerprint density at radius 1 is 1.50 bits per heavy atom. The number of nitrogens with two attached hydrogens (primary N) is 1. The Balaban J connectivity index is 2.77. The second-order valence-electron chi connectivity index (χ2n) is 3.56. The fourth-order valence-electron chi connectivity index (χ4n) is 1.37. The molecule has 0 amide bonds. The maximum atomic E-state index is 13.9. The normalized spacial score (nSPS) is 15.1. The Morgan fingerprint density at radius 2 is 2.21 bits per heavy atom. The number of phenolic OH excluding ortho intramolecular Hbond substituents is 1. The molecule has 78 valence electrons. The summed E-state index contributed by atoms with van der Waals surface area (Å²) in [6.45, 7) is 1.79. The van der Waals surface area contributed by atoms with Gasteiger partial charge in [0, 0.05) is 13.0 Å². The van der Waals surface area contributed by atoms with E-state index >= 15 is 0 Å². The highest BCUT2D eigenvalue weighted by Gasteiger charge is 2.25. The minimum Gasteiger partial charge on any atom is -0.508 e. The minimum atomic E-state index is -1.35. The first kappa shape index (κ1) is 11.0. The third-order valence-electron chi connectivity index (χ3n) is 2.43. The van der Waals surface area contributed by atoms with Crippen LogP contribution in [-0.4, -0.2) is 17.3 Å². The van der Waals surface area contributed by atoms with Gasteiger partial charge in [-0.15, -0.1) is 0 Å². The second-order valence-corrected chi connectivity index (χ2v) is 3.56. The van der Waals surface area contributed by atoms with Crippen molar-refractivity contribution < 1.29 is 9.50 Å². The Morgan fingerprint density at radius 3 is 2.71 bits per heavy atom. The largest absolute Gasteiger partial charge is 0.508 e. The van der Waals surface area contributed by atoms with Crippen LogP contribution in [0.5, 0.6) is 5.75 Å². The van der Waals surface area contributed by atoms with Crippen molar-refractivity contribution in [1.29, 1.82) is 0 Å². The number of hydrogen-bond acceptors (Lipinski definition) is 2. The van der Waals surface area contributed by atoms with Crippen molar-refractivity contribution in [2.75, 3.05) is 6.54 Å². The summed E-state index contributed by atoms with van der Waals surface area (Å²) >= 11 is 0. The molecule has 0 heterocycles. The molecule has 1 rings (SSSR count). The highest BCUT2D eigenvalue weighted by molar-refractivity contribution is 5.28. The smallest absolute Gasteiger partial charge is 0.126 e. The van der Waals surface area contributed by atoms with Crippen molar-refractivity contribution in [2.24, 2.45) is 5.73 Å². The van der Waals surface area contributed by atoms with Gasteiger partial charge in [0.2, 0.25) is 0 Å². The highest BCUT2D eigenvalue weighted by atomic mass is 19.1. The summed E-state index contributed by atoms with van der Waals surface area (Å²) in [5.41, 5.74) is 4.79. The summed E-state index contributed by atoms with van der Waals surface area (Å²) in [4.78, 5) is 0. The molecule has 0 fully saturated rings. The fraction of sp³-hybridized carbons (Fsp3) is 0.455. The van der Waals surface area contributed by atoms with Crippen molar-refractivity contribution in [3.8, 4) is 5.75 Å². The van der Waals surface area contributed by atoms with Gasteiger partial charge in [0.15, 0.2) is 0 Å². The minimum absolute atomic E-state index is 0.0131. The quantitative estimate of drug-likeness (QED) is 0.775. The molecular formula is C11H16FNO. The van der Waals surface area contributed by atoms with E-state index in [0.717, 1.165) is 5.56 Å². The van der Waals surface area contributed by atoms with Crippen LogP contribution >= 0.6 is 0 Å².